The molecule has 0 unspecified atom stereocenters. The molecule has 2 rings (SSSR count). The number of benzene rings is 1. The number of hydrogen-bond donors (Lipinski definition) is 1. The Morgan fingerprint density at radius 3 is 2.76 bits per heavy atom. The van der Waals surface area contributed by atoms with Gasteiger partial charge in [0, 0.05) is 12.6 Å². The first-order chi connectivity index (χ1) is 10.2. The van der Waals surface area contributed by atoms with Crippen molar-refractivity contribution in [3.63, 3.8) is 0 Å². The molecule has 0 saturated carbocycles. The second-order valence-corrected chi connectivity index (χ2v) is 4.47. The van der Waals surface area contributed by atoms with Crippen molar-refractivity contribution in [3.8, 4) is 11.5 Å². The van der Waals surface area contributed by atoms with Gasteiger partial charge in [0.25, 0.3) is 0 Å². The fourth-order valence-corrected chi connectivity index (χ4v) is 1.99. The van der Waals surface area contributed by atoms with Crippen molar-refractivity contribution in [3.05, 3.63) is 48.3 Å². The number of anilines is 1. The normalized spacial score (nSPS) is 10.0. The van der Waals surface area contributed by atoms with E-state index >= 15 is 0 Å². The smallest absolute Gasteiger partial charge is 0.224 e. The molecular weight excluding hydrogens is 268 g/mol. The average Bonchev–Trinajstić information content (AvgIpc) is 2.53. The molecule has 0 aliphatic heterocycles. The minimum absolute atomic E-state index is 0.0622. The van der Waals surface area contributed by atoms with Crippen LogP contribution in [-0.2, 0) is 11.2 Å². The molecule has 5 nitrogen and oxygen atoms in total. The van der Waals surface area contributed by atoms with Gasteiger partial charge in [-0.2, -0.15) is 0 Å². The summed E-state index contributed by atoms with van der Waals surface area (Å²) in [5.74, 6) is 1.44. The second-order valence-electron chi connectivity index (χ2n) is 4.47. The first-order valence-electron chi connectivity index (χ1n) is 6.63. The molecule has 1 aromatic carbocycles. The zero-order chi connectivity index (χ0) is 15.1. The maximum Gasteiger partial charge on any atom is 0.224 e. The summed E-state index contributed by atoms with van der Waals surface area (Å²) in [5.41, 5.74) is 1.64. The van der Waals surface area contributed by atoms with Crippen molar-refractivity contribution in [1.82, 2.24) is 4.98 Å². The molecule has 0 saturated heterocycles. The zero-order valence-electron chi connectivity index (χ0n) is 12.1. The largest absolute Gasteiger partial charge is 0.497 e. The van der Waals surface area contributed by atoms with E-state index in [-0.39, 0.29) is 5.91 Å². The Bertz CT molecular complexity index is 600. The molecule has 0 spiro atoms. The van der Waals surface area contributed by atoms with E-state index in [0.29, 0.717) is 18.5 Å². The highest BCUT2D eigenvalue weighted by atomic mass is 16.5. The molecule has 1 amide bonds. The number of carbonyl (C=O) groups excluding carboxylic acids is 1. The van der Waals surface area contributed by atoms with Crippen LogP contribution in [0.15, 0.2) is 42.7 Å². The first-order valence-corrected chi connectivity index (χ1v) is 6.63. The van der Waals surface area contributed by atoms with Crippen molar-refractivity contribution >= 4 is 11.6 Å². The highest BCUT2D eigenvalue weighted by Gasteiger charge is 2.08. The molecule has 0 atom stereocenters. The maximum atomic E-state index is 11.9. The molecule has 1 N–H and O–H groups in total. The average molecular weight is 286 g/mol. The number of rotatable bonds is 6. The van der Waals surface area contributed by atoms with Gasteiger partial charge in [0.2, 0.25) is 5.91 Å². The van der Waals surface area contributed by atoms with Crippen LogP contribution in [0.3, 0.4) is 0 Å². The Kier molecular flexibility index (Phi) is 5.15. The lowest BCUT2D eigenvalue weighted by Crippen LogP contribution is -2.12. The van der Waals surface area contributed by atoms with Crippen LogP contribution >= 0.6 is 0 Å². The summed E-state index contributed by atoms with van der Waals surface area (Å²) in [6.45, 7) is 0. The van der Waals surface area contributed by atoms with Crippen LogP contribution in [0, 0.1) is 0 Å². The highest BCUT2D eigenvalue weighted by molar-refractivity contribution is 5.90. The molecular formula is C16H18N2O3. The van der Waals surface area contributed by atoms with Gasteiger partial charge in [-0.05, 0) is 42.3 Å². The number of pyridine rings is 1. The molecule has 1 aromatic heterocycles. The van der Waals surface area contributed by atoms with Crippen LogP contribution < -0.4 is 14.8 Å². The summed E-state index contributed by atoms with van der Waals surface area (Å²) in [6.07, 6.45) is 4.21. The fourth-order valence-electron chi connectivity index (χ4n) is 1.99. The van der Waals surface area contributed by atoms with Gasteiger partial charge < -0.3 is 14.8 Å². The van der Waals surface area contributed by atoms with E-state index < -0.39 is 0 Å². The molecule has 0 radical (unpaired) electrons. The number of aromatic nitrogens is 1. The minimum atomic E-state index is -0.0622. The van der Waals surface area contributed by atoms with Gasteiger partial charge in [-0.1, -0.05) is 0 Å². The Labute approximate surface area is 123 Å². The van der Waals surface area contributed by atoms with Crippen LogP contribution in [-0.4, -0.2) is 25.1 Å². The van der Waals surface area contributed by atoms with E-state index in [9.17, 15) is 4.79 Å². The number of methoxy groups -OCH3 is 2. The first kappa shape index (κ1) is 14.8. The van der Waals surface area contributed by atoms with E-state index in [0.717, 1.165) is 17.1 Å². The van der Waals surface area contributed by atoms with Crippen molar-refractivity contribution in [1.29, 1.82) is 0 Å². The summed E-state index contributed by atoms with van der Waals surface area (Å²) in [4.78, 5) is 15.9. The number of carbonyl (C=O) groups is 1. The van der Waals surface area contributed by atoms with Gasteiger partial charge in [0.1, 0.15) is 11.5 Å². The summed E-state index contributed by atoms with van der Waals surface area (Å²) in [7, 11) is 3.22. The van der Waals surface area contributed by atoms with E-state index in [2.05, 4.69) is 10.3 Å². The molecule has 0 aliphatic carbocycles. The topological polar surface area (TPSA) is 60.5 Å². The van der Waals surface area contributed by atoms with Crippen molar-refractivity contribution in [2.75, 3.05) is 19.5 Å². The summed E-state index contributed by atoms with van der Waals surface area (Å²) in [6, 6.07) is 9.14. The van der Waals surface area contributed by atoms with Crippen molar-refractivity contribution < 1.29 is 14.3 Å². The second kappa shape index (κ2) is 7.28. The molecule has 5 heteroatoms. The summed E-state index contributed by atoms with van der Waals surface area (Å²) in [5, 5.41) is 2.80. The summed E-state index contributed by atoms with van der Waals surface area (Å²) < 4.78 is 10.5. The van der Waals surface area contributed by atoms with Gasteiger partial charge in [-0.25, -0.2) is 0 Å². The molecule has 2 aromatic rings. The van der Waals surface area contributed by atoms with E-state index in [1.807, 2.05) is 18.2 Å². The molecule has 0 bridgehead atoms. The van der Waals surface area contributed by atoms with Crippen LogP contribution in [0.25, 0.3) is 0 Å². The third kappa shape index (κ3) is 4.21. The number of amides is 1. The predicted octanol–water partition coefficient (Wildman–Crippen LogP) is 2.67. The van der Waals surface area contributed by atoms with Crippen LogP contribution in [0.1, 0.15) is 12.0 Å². The molecule has 1 heterocycles. The van der Waals surface area contributed by atoms with Crippen LogP contribution in [0.4, 0.5) is 5.69 Å². The number of ether oxygens (including phenoxy) is 2. The maximum absolute atomic E-state index is 11.9. The Morgan fingerprint density at radius 2 is 2.10 bits per heavy atom. The van der Waals surface area contributed by atoms with Gasteiger partial charge in [-0.3, -0.25) is 9.78 Å². The quantitative estimate of drug-likeness (QED) is 0.887. The number of aryl methyl sites for hydroxylation is 1. The fraction of sp³-hybridized carbons (Fsp3) is 0.250. The molecule has 0 fully saturated rings. The van der Waals surface area contributed by atoms with Crippen LogP contribution in [0.2, 0.25) is 0 Å². The predicted molar refractivity (Wildman–Crippen MR) is 80.7 cm³/mol. The number of nitrogens with one attached hydrogen (secondary N) is 1. The molecule has 0 aliphatic rings. The van der Waals surface area contributed by atoms with Gasteiger partial charge in [0.15, 0.2) is 0 Å². The lowest BCUT2D eigenvalue weighted by atomic mass is 10.1. The van der Waals surface area contributed by atoms with E-state index in [1.165, 1.54) is 0 Å². The van der Waals surface area contributed by atoms with Gasteiger partial charge in [-0.15, -0.1) is 0 Å². The van der Waals surface area contributed by atoms with Gasteiger partial charge >= 0.3 is 0 Å². The molecule has 21 heavy (non-hydrogen) atoms. The summed E-state index contributed by atoms with van der Waals surface area (Å²) >= 11 is 0. The number of hydrogen-bond acceptors (Lipinski definition) is 4. The minimum Gasteiger partial charge on any atom is -0.497 e. The van der Waals surface area contributed by atoms with Crippen LogP contribution in [0.5, 0.6) is 11.5 Å². The van der Waals surface area contributed by atoms with E-state index in [4.69, 9.17) is 9.47 Å². The SMILES string of the molecule is COc1ccc(OC)c(CCC(=O)Nc2cccnc2)c1. The highest BCUT2D eigenvalue weighted by Crippen LogP contribution is 2.25. The molecule has 110 valence electrons. The lowest BCUT2D eigenvalue weighted by Gasteiger charge is -2.10. The van der Waals surface area contributed by atoms with E-state index in [1.54, 1.807) is 38.7 Å². The Balaban J connectivity index is 1.97. The third-order valence-electron chi connectivity index (χ3n) is 3.05. The zero-order valence-corrected chi connectivity index (χ0v) is 12.1. The lowest BCUT2D eigenvalue weighted by molar-refractivity contribution is -0.116. The Hall–Kier alpha value is -2.56. The van der Waals surface area contributed by atoms with Gasteiger partial charge in [0.05, 0.1) is 26.1 Å². The van der Waals surface area contributed by atoms with Crippen molar-refractivity contribution in [2.45, 2.75) is 12.8 Å². The third-order valence-corrected chi connectivity index (χ3v) is 3.05. The monoisotopic (exact) mass is 286 g/mol. The van der Waals surface area contributed by atoms with Crippen molar-refractivity contribution in [2.24, 2.45) is 0 Å². The number of nitrogens with zero attached hydrogens (tertiary/aromatic N) is 1. The standard InChI is InChI=1S/C16H18N2O3/c1-20-14-6-7-15(21-2)12(10-14)5-8-16(19)18-13-4-3-9-17-11-13/h3-4,6-7,9-11H,5,8H2,1-2H3,(H,18,19). The Morgan fingerprint density at radius 1 is 1.24 bits per heavy atom.